The van der Waals surface area contributed by atoms with Crippen LogP contribution in [-0.4, -0.2) is 38.4 Å². The standard InChI is InChI=1S/C20H22N2O5/c1-3-9-26-17-8-7-15(12-23)18(11-17)27-13-19(24)22-16-6-4-5-14(10-16)20(25)21-2/h4-8,10-12H,3,9,13H2,1-2H3,(H,21,25)(H,22,24). The molecule has 7 heteroatoms. The molecular weight excluding hydrogens is 348 g/mol. The Labute approximate surface area is 157 Å². The van der Waals surface area contributed by atoms with Gasteiger partial charge in [-0.2, -0.15) is 0 Å². The van der Waals surface area contributed by atoms with Gasteiger partial charge in [-0.3, -0.25) is 14.4 Å². The summed E-state index contributed by atoms with van der Waals surface area (Å²) in [6.45, 7) is 2.24. The fourth-order valence-electron chi connectivity index (χ4n) is 2.27. The van der Waals surface area contributed by atoms with Crippen molar-refractivity contribution in [2.75, 3.05) is 25.6 Å². The van der Waals surface area contributed by atoms with Crippen LogP contribution < -0.4 is 20.1 Å². The van der Waals surface area contributed by atoms with E-state index in [0.717, 1.165) is 6.42 Å². The van der Waals surface area contributed by atoms with E-state index in [2.05, 4.69) is 10.6 Å². The maximum Gasteiger partial charge on any atom is 0.262 e. The summed E-state index contributed by atoms with van der Waals surface area (Å²) in [4.78, 5) is 34.9. The van der Waals surface area contributed by atoms with Crippen molar-refractivity contribution in [3.63, 3.8) is 0 Å². The molecule has 2 N–H and O–H groups in total. The van der Waals surface area contributed by atoms with E-state index in [4.69, 9.17) is 9.47 Å². The van der Waals surface area contributed by atoms with Crippen molar-refractivity contribution in [1.82, 2.24) is 5.32 Å². The van der Waals surface area contributed by atoms with Crippen LogP contribution in [0.5, 0.6) is 11.5 Å². The van der Waals surface area contributed by atoms with E-state index in [1.165, 1.54) is 7.05 Å². The molecule has 0 aliphatic rings. The molecule has 2 amide bonds. The molecule has 0 fully saturated rings. The maximum atomic E-state index is 12.1. The molecule has 0 radical (unpaired) electrons. The summed E-state index contributed by atoms with van der Waals surface area (Å²) in [6, 6.07) is 11.4. The topological polar surface area (TPSA) is 93.7 Å². The molecule has 0 saturated carbocycles. The Kier molecular flexibility index (Phi) is 7.37. The summed E-state index contributed by atoms with van der Waals surface area (Å²) in [6.07, 6.45) is 1.51. The van der Waals surface area contributed by atoms with Gasteiger partial charge in [0.2, 0.25) is 0 Å². The summed E-state index contributed by atoms with van der Waals surface area (Å²) in [5.74, 6) is 0.173. The van der Waals surface area contributed by atoms with E-state index >= 15 is 0 Å². The molecule has 0 aliphatic carbocycles. The molecule has 0 atom stereocenters. The van der Waals surface area contributed by atoms with Gasteiger partial charge in [0, 0.05) is 24.4 Å². The number of rotatable bonds is 9. The molecule has 2 rings (SSSR count). The molecule has 0 aliphatic heterocycles. The Hall–Kier alpha value is -3.35. The fraction of sp³-hybridized carbons (Fsp3) is 0.250. The number of amides is 2. The Bertz CT molecular complexity index is 820. The van der Waals surface area contributed by atoms with E-state index in [9.17, 15) is 14.4 Å². The molecule has 0 aromatic heterocycles. The molecule has 0 unspecified atom stereocenters. The second-order valence-electron chi connectivity index (χ2n) is 5.66. The van der Waals surface area contributed by atoms with Crippen molar-refractivity contribution in [1.29, 1.82) is 0 Å². The largest absolute Gasteiger partial charge is 0.493 e. The molecular formula is C20H22N2O5. The SMILES string of the molecule is CCCOc1ccc(C=O)c(OCC(=O)Nc2cccc(C(=O)NC)c2)c1. The lowest BCUT2D eigenvalue weighted by Gasteiger charge is -2.12. The minimum absolute atomic E-state index is 0.248. The quantitative estimate of drug-likeness (QED) is 0.662. The first-order valence-corrected chi connectivity index (χ1v) is 8.54. The molecule has 2 aromatic rings. The lowest BCUT2D eigenvalue weighted by atomic mass is 10.2. The predicted molar refractivity (Wildman–Crippen MR) is 102 cm³/mol. The van der Waals surface area contributed by atoms with E-state index in [1.54, 1.807) is 42.5 Å². The molecule has 0 bridgehead atoms. The van der Waals surface area contributed by atoms with Crippen LogP contribution in [0.15, 0.2) is 42.5 Å². The van der Waals surface area contributed by atoms with Crippen molar-refractivity contribution in [2.45, 2.75) is 13.3 Å². The highest BCUT2D eigenvalue weighted by atomic mass is 16.5. The van der Waals surface area contributed by atoms with Gasteiger partial charge < -0.3 is 20.1 Å². The Morgan fingerprint density at radius 2 is 1.93 bits per heavy atom. The zero-order valence-electron chi connectivity index (χ0n) is 15.3. The molecule has 0 saturated heterocycles. The molecule has 142 valence electrons. The van der Waals surface area contributed by atoms with E-state index in [-0.39, 0.29) is 18.3 Å². The minimum atomic E-state index is -0.416. The van der Waals surface area contributed by atoms with Crippen molar-refractivity contribution in [3.8, 4) is 11.5 Å². The van der Waals surface area contributed by atoms with Gasteiger partial charge in [-0.25, -0.2) is 0 Å². The van der Waals surface area contributed by atoms with Crippen molar-refractivity contribution >= 4 is 23.8 Å². The van der Waals surface area contributed by atoms with Crippen LogP contribution in [0.1, 0.15) is 34.1 Å². The first-order chi connectivity index (χ1) is 13.1. The molecule has 0 heterocycles. The number of hydrogen-bond donors (Lipinski definition) is 2. The van der Waals surface area contributed by atoms with Gasteiger partial charge in [0.1, 0.15) is 11.5 Å². The average molecular weight is 370 g/mol. The first-order valence-electron chi connectivity index (χ1n) is 8.54. The zero-order chi connectivity index (χ0) is 19.6. The summed E-state index contributed by atoms with van der Waals surface area (Å²) < 4.78 is 11.0. The Morgan fingerprint density at radius 1 is 1.11 bits per heavy atom. The third kappa shape index (κ3) is 5.85. The van der Waals surface area contributed by atoms with Crippen LogP contribution in [0.3, 0.4) is 0 Å². The monoisotopic (exact) mass is 370 g/mol. The second-order valence-corrected chi connectivity index (χ2v) is 5.66. The van der Waals surface area contributed by atoms with Crippen molar-refractivity contribution in [3.05, 3.63) is 53.6 Å². The van der Waals surface area contributed by atoms with E-state index in [0.29, 0.717) is 35.5 Å². The number of ether oxygens (including phenoxy) is 2. The van der Waals surface area contributed by atoms with Gasteiger partial charge in [-0.15, -0.1) is 0 Å². The van der Waals surface area contributed by atoms with Crippen LogP contribution in [0.25, 0.3) is 0 Å². The minimum Gasteiger partial charge on any atom is -0.493 e. The Balaban J connectivity index is 2.01. The van der Waals surface area contributed by atoms with Crippen molar-refractivity contribution < 1.29 is 23.9 Å². The lowest BCUT2D eigenvalue weighted by Crippen LogP contribution is -2.21. The number of carbonyl (C=O) groups excluding carboxylic acids is 3. The fourth-order valence-corrected chi connectivity index (χ4v) is 2.27. The van der Waals surface area contributed by atoms with Gasteiger partial charge in [0.25, 0.3) is 11.8 Å². The predicted octanol–water partition coefficient (Wildman–Crippen LogP) is 2.67. The third-order valence-corrected chi connectivity index (χ3v) is 3.58. The zero-order valence-corrected chi connectivity index (χ0v) is 15.3. The number of aldehydes is 1. The van der Waals surface area contributed by atoms with E-state index in [1.807, 2.05) is 6.92 Å². The average Bonchev–Trinajstić information content (AvgIpc) is 2.70. The summed E-state index contributed by atoms with van der Waals surface area (Å²) in [5, 5.41) is 5.17. The highest BCUT2D eigenvalue weighted by Gasteiger charge is 2.10. The normalized spacial score (nSPS) is 10.0. The number of anilines is 1. The third-order valence-electron chi connectivity index (χ3n) is 3.58. The molecule has 2 aromatic carbocycles. The van der Waals surface area contributed by atoms with Gasteiger partial charge in [-0.1, -0.05) is 13.0 Å². The van der Waals surface area contributed by atoms with Crippen LogP contribution >= 0.6 is 0 Å². The number of benzene rings is 2. The molecule has 0 spiro atoms. The number of nitrogens with one attached hydrogen (secondary N) is 2. The lowest BCUT2D eigenvalue weighted by molar-refractivity contribution is -0.118. The van der Waals surface area contributed by atoms with Crippen LogP contribution in [0.2, 0.25) is 0 Å². The van der Waals surface area contributed by atoms with Crippen LogP contribution in [-0.2, 0) is 4.79 Å². The summed E-state index contributed by atoms with van der Waals surface area (Å²) in [7, 11) is 1.53. The smallest absolute Gasteiger partial charge is 0.262 e. The van der Waals surface area contributed by atoms with Gasteiger partial charge in [0.15, 0.2) is 12.9 Å². The maximum absolute atomic E-state index is 12.1. The van der Waals surface area contributed by atoms with Gasteiger partial charge in [-0.05, 0) is 36.8 Å². The first kappa shape index (κ1) is 20.0. The molecule has 27 heavy (non-hydrogen) atoms. The van der Waals surface area contributed by atoms with E-state index < -0.39 is 5.91 Å². The molecule has 7 nitrogen and oxygen atoms in total. The summed E-state index contributed by atoms with van der Waals surface area (Å²) >= 11 is 0. The van der Waals surface area contributed by atoms with Crippen molar-refractivity contribution in [2.24, 2.45) is 0 Å². The number of carbonyl (C=O) groups is 3. The van der Waals surface area contributed by atoms with Crippen LogP contribution in [0.4, 0.5) is 5.69 Å². The second kappa shape index (κ2) is 9.96. The number of hydrogen-bond acceptors (Lipinski definition) is 5. The highest BCUT2D eigenvalue weighted by molar-refractivity contribution is 5.97. The highest BCUT2D eigenvalue weighted by Crippen LogP contribution is 2.24. The summed E-state index contributed by atoms with van der Waals surface area (Å²) in [5.41, 5.74) is 1.23. The van der Waals surface area contributed by atoms with Gasteiger partial charge >= 0.3 is 0 Å². The van der Waals surface area contributed by atoms with Gasteiger partial charge in [0.05, 0.1) is 12.2 Å². The van der Waals surface area contributed by atoms with Crippen LogP contribution in [0, 0.1) is 0 Å². The Morgan fingerprint density at radius 3 is 2.63 bits per heavy atom.